The van der Waals surface area contributed by atoms with Crippen molar-refractivity contribution in [2.45, 2.75) is 58.5 Å². The van der Waals surface area contributed by atoms with Gasteiger partial charge in [0.2, 0.25) is 5.91 Å². The van der Waals surface area contributed by atoms with E-state index in [1.165, 1.54) is 25.5 Å². The van der Waals surface area contributed by atoms with Crippen LogP contribution < -0.4 is 10.9 Å². The van der Waals surface area contributed by atoms with Crippen LogP contribution in [-0.2, 0) is 11.3 Å². The van der Waals surface area contributed by atoms with E-state index < -0.39 is 5.56 Å². The van der Waals surface area contributed by atoms with Crippen molar-refractivity contribution < 1.29 is 4.79 Å². The average Bonchev–Trinajstić information content (AvgIpc) is 2.44. The van der Waals surface area contributed by atoms with Crippen LogP contribution in [0.2, 0.25) is 10.0 Å². The summed E-state index contributed by atoms with van der Waals surface area (Å²) in [5.41, 5.74) is -0.560. The van der Waals surface area contributed by atoms with Gasteiger partial charge in [-0.05, 0) is 13.3 Å². The Morgan fingerprint density at radius 2 is 2.10 bits per heavy atom. The third-order valence-corrected chi connectivity index (χ3v) is 3.88. The summed E-state index contributed by atoms with van der Waals surface area (Å²) in [4.78, 5) is 23.6. The summed E-state index contributed by atoms with van der Waals surface area (Å²) in [6, 6.07) is 0.0767. The van der Waals surface area contributed by atoms with Gasteiger partial charge in [0.05, 0.1) is 11.2 Å². The molecule has 5 nitrogen and oxygen atoms in total. The molecular formula is C14H21Cl2N3O2. The largest absolute Gasteiger partial charge is 0.352 e. The van der Waals surface area contributed by atoms with Gasteiger partial charge in [-0.2, -0.15) is 5.10 Å². The molecule has 7 heteroatoms. The van der Waals surface area contributed by atoms with Gasteiger partial charge >= 0.3 is 0 Å². The lowest BCUT2D eigenvalue weighted by molar-refractivity contribution is -0.122. The van der Waals surface area contributed by atoms with Crippen LogP contribution in [0.15, 0.2) is 11.0 Å². The van der Waals surface area contributed by atoms with Crippen LogP contribution in [-0.4, -0.2) is 21.7 Å². The van der Waals surface area contributed by atoms with E-state index in [0.717, 1.165) is 17.5 Å². The Bertz CT molecular complexity index is 531. The van der Waals surface area contributed by atoms with E-state index in [0.29, 0.717) is 0 Å². The number of carbonyl (C=O) groups is 1. The van der Waals surface area contributed by atoms with Crippen LogP contribution in [0.25, 0.3) is 0 Å². The molecule has 0 saturated heterocycles. The van der Waals surface area contributed by atoms with E-state index >= 15 is 0 Å². The molecule has 21 heavy (non-hydrogen) atoms. The summed E-state index contributed by atoms with van der Waals surface area (Å²) in [5.74, 6) is -0.258. The Balaban J connectivity index is 2.47. The van der Waals surface area contributed by atoms with Gasteiger partial charge in [-0.15, -0.1) is 0 Å². The summed E-state index contributed by atoms with van der Waals surface area (Å²) in [6.45, 7) is 3.96. The summed E-state index contributed by atoms with van der Waals surface area (Å²) >= 11 is 11.4. The molecule has 0 aliphatic rings. The van der Waals surface area contributed by atoms with Crippen molar-refractivity contribution in [1.82, 2.24) is 15.1 Å². The maximum Gasteiger partial charge on any atom is 0.287 e. The highest BCUT2D eigenvalue weighted by atomic mass is 35.5. The highest BCUT2D eigenvalue weighted by molar-refractivity contribution is 6.41. The SMILES string of the molecule is CCCCCC[C@H](C)NC(=O)Cn1ncc(Cl)c(Cl)c1=O. The van der Waals surface area contributed by atoms with Crippen molar-refractivity contribution in [2.75, 3.05) is 0 Å². The lowest BCUT2D eigenvalue weighted by Crippen LogP contribution is -2.38. The predicted molar refractivity (Wildman–Crippen MR) is 84.9 cm³/mol. The molecule has 0 aliphatic heterocycles. The number of hydrogen-bond donors (Lipinski definition) is 1. The molecule has 1 amide bonds. The molecule has 0 bridgehead atoms. The fourth-order valence-corrected chi connectivity index (χ4v) is 2.23. The van der Waals surface area contributed by atoms with Gasteiger partial charge in [-0.1, -0.05) is 55.8 Å². The van der Waals surface area contributed by atoms with Crippen LogP contribution in [0.1, 0.15) is 46.0 Å². The molecule has 0 spiro atoms. The number of aromatic nitrogens is 2. The van der Waals surface area contributed by atoms with Gasteiger partial charge in [-0.3, -0.25) is 9.59 Å². The number of amides is 1. The van der Waals surface area contributed by atoms with Crippen LogP contribution in [0, 0.1) is 0 Å². The van der Waals surface area contributed by atoms with Crippen molar-refractivity contribution >= 4 is 29.1 Å². The van der Waals surface area contributed by atoms with Crippen LogP contribution >= 0.6 is 23.2 Å². The zero-order chi connectivity index (χ0) is 15.8. The fourth-order valence-electron chi connectivity index (χ4n) is 1.96. The predicted octanol–water partition coefficient (Wildman–Crippen LogP) is 3.03. The Kier molecular flexibility index (Phi) is 7.75. The fraction of sp³-hybridized carbons (Fsp3) is 0.643. The number of hydrogen-bond acceptors (Lipinski definition) is 3. The Labute approximate surface area is 134 Å². The molecule has 1 atom stereocenters. The van der Waals surface area contributed by atoms with E-state index in [2.05, 4.69) is 17.3 Å². The second-order valence-electron chi connectivity index (χ2n) is 5.09. The number of unbranched alkanes of at least 4 members (excludes halogenated alkanes) is 3. The minimum Gasteiger partial charge on any atom is -0.352 e. The second kappa shape index (κ2) is 9.05. The molecule has 0 saturated carbocycles. The minimum atomic E-state index is -0.560. The summed E-state index contributed by atoms with van der Waals surface area (Å²) < 4.78 is 1.01. The van der Waals surface area contributed by atoms with Gasteiger partial charge < -0.3 is 5.32 Å². The first-order valence-corrected chi connectivity index (χ1v) is 7.91. The molecule has 0 fully saturated rings. The van der Waals surface area contributed by atoms with E-state index in [9.17, 15) is 9.59 Å². The standard InChI is InChI=1S/C14H21Cl2N3O2/c1-3-4-5-6-7-10(2)18-12(20)9-19-14(21)13(16)11(15)8-17-19/h8,10H,3-7,9H2,1-2H3,(H,18,20)/t10-/m0/s1. The minimum absolute atomic E-state index is 0.0767. The van der Waals surface area contributed by atoms with E-state index in [1.807, 2.05) is 6.92 Å². The Morgan fingerprint density at radius 3 is 2.76 bits per heavy atom. The maximum absolute atomic E-state index is 11.9. The van der Waals surface area contributed by atoms with Crippen molar-refractivity contribution in [2.24, 2.45) is 0 Å². The number of halogens is 2. The number of carbonyl (C=O) groups excluding carboxylic acids is 1. The Hall–Kier alpha value is -1.07. The number of nitrogens with one attached hydrogen (secondary N) is 1. The molecule has 118 valence electrons. The monoisotopic (exact) mass is 333 g/mol. The van der Waals surface area contributed by atoms with Crippen molar-refractivity contribution in [3.05, 3.63) is 26.6 Å². The topological polar surface area (TPSA) is 64.0 Å². The lowest BCUT2D eigenvalue weighted by Gasteiger charge is -2.14. The quantitative estimate of drug-likeness (QED) is 0.743. The highest BCUT2D eigenvalue weighted by Gasteiger charge is 2.12. The maximum atomic E-state index is 11.9. The first-order valence-electron chi connectivity index (χ1n) is 7.16. The smallest absolute Gasteiger partial charge is 0.287 e. The van der Waals surface area contributed by atoms with Gasteiger partial charge in [0.15, 0.2) is 0 Å². The Morgan fingerprint density at radius 1 is 1.38 bits per heavy atom. The third kappa shape index (κ3) is 6.06. The molecule has 1 aromatic rings. The molecule has 0 aliphatic carbocycles. The first kappa shape index (κ1) is 18.0. The van der Waals surface area contributed by atoms with Crippen LogP contribution in [0.5, 0.6) is 0 Å². The van der Waals surface area contributed by atoms with E-state index in [4.69, 9.17) is 23.2 Å². The third-order valence-electron chi connectivity index (χ3n) is 3.13. The second-order valence-corrected chi connectivity index (χ2v) is 5.87. The molecule has 0 aromatic carbocycles. The first-order chi connectivity index (χ1) is 9.95. The molecule has 1 aromatic heterocycles. The summed E-state index contributed by atoms with van der Waals surface area (Å²) in [6.07, 6.45) is 6.84. The normalized spacial score (nSPS) is 12.2. The summed E-state index contributed by atoms with van der Waals surface area (Å²) in [7, 11) is 0. The van der Waals surface area contributed by atoms with Gasteiger partial charge in [0, 0.05) is 6.04 Å². The number of nitrogens with zero attached hydrogens (tertiary/aromatic N) is 2. The molecular weight excluding hydrogens is 313 g/mol. The number of rotatable bonds is 8. The molecule has 0 radical (unpaired) electrons. The van der Waals surface area contributed by atoms with Gasteiger partial charge in [0.1, 0.15) is 11.6 Å². The van der Waals surface area contributed by atoms with Gasteiger partial charge in [0.25, 0.3) is 5.56 Å². The highest BCUT2D eigenvalue weighted by Crippen LogP contribution is 2.14. The molecule has 1 N–H and O–H groups in total. The van der Waals surface area contributed by atoms with Crippen LogP contribution in [0.3, 0.4) is 0 Å². The molecule has 1 rings (SSSR count). The molecule has 0 unspecified atom stereocenters. The van der Waals surface area contributed by atoms with Crippen molar-refractivity contribution in [3.8, 4) is 0 Å². The zero-order valence-corrected chi connectivity index (χ0v) is 13.9. The van der Waals surface area contributed by atoms with Crippen LogP contribution in [0.4, 0.5) is 0 Å². The zero-order valence-electron chi connectivity index (χ0n) is 12.4. The van der Waals surface area contributed by atoms with E-state index in [1.54, 1.807) is 0 Å². The lowest BCUT2D eigenvalue weighted by atomic mass is 10.1. The van der Waals surface area contributed by atoms with E-state index in [-0.39, 0.29) is 28.5 Å². The van der Waals surface area contributed by atoms with Gasteiger partial charge in [-0.25, -0.2) is 4.68 Å². The summed E-state index contributed by atoms with van der Waals surface area (Å²) in [5, 5.41) is 6.62. The van der Waals surface area contributed by atoms with Crippen molar-refractivity contribution in [1.29, 1.82) is 0 Å². The van der Waals surface area contributed by atoms with Crippen molar-refractivity contribution in [3.63, 3.8) is 0 Å². The average molecular weight is 334 g/mol. The molecule has 1 heterocycles.